The van der Waals surface area contributed by atoms with E-state index in [0.29, 0.717) is 0 Å². The summed E-state index contributed by atoms with van der Waals surface area (Å²) in [5.74, 6) is -1.77. The van der Waals surface area contributed by atoms with Crippen molar-refractivity contribution in [1.29, 1.82) is 0 Å². The van der Waals surface area contributed by atoms with Crippen LogP contribution in [0, 0.1) is 5.82 Å². The van der Waals surface area contributed by atoms with E-state index in [1.54, 1.807) is 35.7 Å². The number of hydrogen-bond donors (Lipinski definition) is 2. The second kappa shape index (κ2) is 11.0. The second-order valence-electron chi connectivity index (χ2n) is 8.30. The lowest BCUT2D eigenvalue weighted by atomic mass is 9.95. The highest BCUT2D eigenvalue weighted by atomic mass is 32.2. The van der Waals surface area contributed by atoms with Gasteiger partial charge in [-0.25, -0.2) is 12.8 Å². The van der Waals surface area contributed by atoms with Gasteiger partial charge in [-0.3, -0.25) is 13.9 Å². The molecule has 1 aromatic heterocycles. The molecule has 0 radical (unpaired) electrons. The van der Waals surface area contributed by atoms with E-state index in [2.05, 4.69) is 10.6 Å². The first kappa shape index (κ1) is 24.9. The highest BCUT2D eigenvalue weighted by molar-refractivity contribution is 7.94. The molecule has 1 heterocycles. The number of anilines is 2. The van der Waals surface area contributed by atoms with E-state index >= 15 is 0 Å². The molecule has 4 rings (SSSR count). The van der Waals surface area contributed by atoms with Crippen LogP contribution < -0.4 is 14.9 Å². The summed E-state index contributed by atoms with van der Waals surface area (Å²) in [6.45, 7) is -0.667. The van der Waals surface area contributed by atoms with Crippen molar-refractivity contribution < 1.29 is 22.4 Å². The SMILES string of the molecule is O=C(CN(c1ccccc1F)S(=O)(=O)c1cccs1)Nc1ccccc1C(=O)NC1CCCCC1. The van der Waals surface area contributed by atoms with Crippen LogP contribution in [0.5, 0.6) is 0 Å². The summed E-state index contributed by atoms with van der Waals surface area (Å²) in [6, 6.07) is 15.0. The van der Waals surface area contributed by atoms with Crippen LogP contribution in [0.3, 0.4) is 0 Å². The van der Waals surface area contributed by atoms with Gasteiger partial charge in [0.25, 0.3) is 15.9 Å². The van der Waals surface area contributed by atoms with Gasteiger partial charge in [-0.15, -0.1) is 11.3 Å². The van der Waals surface area contributed by atoms with Gasteiger partial charge < -0.3 is 10.6 Å². The monoisotopic (exact) mass is 515 g/mol. The lowest BCUT2D eigenvalue weighted by Crippen LogP contribution is -2.39. The van der Waals surface area contributed by atoms with Gasteiger partial charge in [0.1, 0.15) is 16.6 Å². The zero-order chi connectivity index (χ0) is 24.8. The van der Waals surface area contributed by atoms with Crippen molar-refractivity contribution in [2.75, 3.05) is 16.2 Å². The number of rotatable bonds is 8. The molecule has 1 aliphatic carbocycles. The molecule has 35 heavy (non-hydrogen) atoms. The summed E-state index contributed by atoms with van der Waals surface area (Å²) >= 11 is 0.976. The van der Waals surface area contributed by atoms with Crippen LogP contribution in [0.4, 0.5) is 15.8 Å². The van der Waals surface area contributed by atoms with E-state index in [1.165, 1.54) is 24.3 Å². The Labute approximate surface area is 208 Å². The number of nitrogens with one attached hydrogen (secondary N) is 2. The van der Waals surface area contributed by atoms with Crippen LogP contribution >= 0.6 is 11.3 Å². The van der Waals surface area contributed by atoms with E-state index < -0.39 is 28.3 Å². The third-order valence-electron chi connectivity index (χ3n) is 5.83. The average Bonchev–Trinajstić information content (AvgIpc) is 3.40. The van der Waals surface area contributed by atoms with Gasteiger partial charge in [0.2, 0.25) is 5.91 Å². The molecule has 1 fully saturated rings. The summed E-state index contributed by atoms with van der Waals surface area (Å²) in [5.41, 5.74) is 0.303. The van der Waals surface area contributed by atoms with E-state index in [-0.39, 0.29) is 33.1 Å². The van der Waals surface area contributed by atoms with Gasteiger partial charge in [-0.05, 0) is 48.6 Å². The largest absolute Gasteiger partial charge is 0.349 e. The molecular formula is C25H26FN3O4S2. The Morgan fingerprint density at radius 1 is 0.971 bits per heavy atom. The molecule has 0 saturated heterocycles. The molecule has 0 atom stereocenters. The Balaban J connectivity index is 1.56. The first-order valence-electron chi connectivity index (χ1n) is 11.4. The number of sulfonamides is 1. The van der Waals surface area contributed by atoms with E-state index in [4.69, 9.17) is 0 Å². The van der Waals surface area contributed by atoms with E-state index in [1.807, 2.05) is 0 Å². The van der Waals surface area contributed by atoms with Gasteiger partial charge in [0.05, 0.1) is 16.9 Å². The molecule has 10 heteroatoms. The number of carbonyl (C=O) groups excluding carboxylic acids is 2. The van der Waals surface area contributed by atoms with Gasteiger partial charge >= 0.3 is 0 Å². The first-order chi connectivity index (χ1) is 16.9. The third-order valence-corrected chi connectivity index (χ3v) is 8.97. The quantitative estimate of drug-likeness (QED) is 0.451. The van der Waals surface area contributed by atoms with Crippen LogP contribution in [-0.4, -0.2) is 32.8 Å². The summed E-state index contributed by atoms with van der Waals surface area (Å²) in [4.78, 5) is 25.9. The number of amides is 2. The number of thiophene rings is 1. The minimum Gasteiger partial charge on any atom is -0.349 e. The predicted octanol–water partition coefficient (Wildman–Crippen LogP) is 4.78. The topological polar surface area (TPSA) is 95.6 Å². The molecule has 0 bridgehead atoms. The van der Waals surface area contributed by atoms with Gasteiger partial charge in [0, 0.05) is 6.04 Å². The van der Waals surface area contributed by atoms with Crippen molar-refractivity contribution in [3.8, 4) is 0 Å². The summed E-state index contributed by atoms with van der Waals surface area (Å²) in [7, 11) is -4.19. The standard InChI is InChI=1S/C25H26FN3O4S2/c26-20-12-5-7-14-22(20)29(35(32,33)24-15-8-16-34-24)17-23(30)28-21-13-6-4-11-19(21)25(31)27-18-9-2-1-3-10-18/h4-8,11-16,18H,1-3,9-10,17H2,(H,27,31)(H,28,30). The van der Waals surface area contributed by atoms with Crippen LogP contribution in [0.15, 0.2) is 70.3 Å². The molecule has 1 saturated carbocycles. The molecular weight excluding hydrogens is 489 g/mol. The smallest absolute Gasteiger partial charge is 0.274 e. The molecule has 2 amide bonds. The van der Waals surface area contributed by atoms with Crippen molar-refractivity contribution in [1.82, 2.24) is 5.32 Å². The second-order valence-corrected chi connectivity index (χ2v) is 11.3. The van der Waals surface area contributed by atoms with Crippen molar-refractivity contribution in [3.63, 3.8) is 0 Å². The van der Waals surface area contributed by atoms with Crippen molar-refractivity contribution >= 4 is 44.5 Å². The average molecular weight is 516 g/mol. The van der Waals surface area contributed by atoms with Crippen molar-refractivity contribution in [2.45, 2.75) is 42.4 Å². The number of carbonyl (C=O) groups is 2. The minimum atomic E-state index is -4.19. The molecule has 2 N–H and O–H groups in total. The van der Waals surface area contributed by atoms with Gasteiger partial charge in [0.15, 0.2) is 0 Å². The van der Waals surface area contributed by atoms with Gasteiger partial charge in [-0.1, -0.05) is 49.6 Å². The van der Waals surface area contributed by atoms with Crippen LogP contribution in [0.2, 0.25) is 0 Å². The zero-order valence-electron chi connectivity index (χ0n) is 18.9. The van der Waals surface area contributed by atoms with Crippen LogP contribution in [-0.2, 0) is 14.8 Å². The molecule has 0 unspecified atom stereocenters. The summed E-state index contributed by atoms with van der Waals surface area (Å²) < 4.78 is 41.8. The fourth-order valence-electron chi connectivity index (χ4n) is 4.09. The Bertz CT molecular complexity index is 1290. The summed E-state index contributed by atoms with van der Waals surface area (Å²) in [5, 5.41) is 7.25. The third kappa shape index (κ3) is 5.88. The fourth-order valence-corrected chi connectivity index (χ4v) is 6.63. The van der Waals surface area contributed by atoms with E-state index in [0.717, 1.165) is 53.8 Å². The van der Waals surface area contributed by atoms with Crippen molar-refractivity contribution in [3.05, 3.63) is 77.4 Å². The Kier molecular flexibility index (Phi) is 7.82. The Hall–Kier alpha value is -3.24. The number of para-hydroxylation sites is 2. The molecule has 1 aliphatic rings. The number of nitrogens with zero attached hydrogens (tertiary/aromatic N) is 1. The molecule has 0 aliphatic heterocycles. The fraction of sp³-hybridized carbons (Fsp3) is 0.280. The zero-order valence-corrected chi connectivity index (χ0v) is 20.6. The Morgan fingerprint density at radius 3 is 2.40 bits per heavy atom. The highest BCUT2D eigenvalue weighted by Crippen LogP contribution is 2.28. The molecule has 0 spiro atoms. The highest BCUT2D eigenvalue weighted by Gasteiger charge is 2.30. The van der Waals surface area contributed by atoms with Crippen LogP contribution in [0.25, 0.3) is 0 Å². The number of hydrogen-bond acceptors (Lipinski definition) is 5. The van der Waals surface area contributed by atoms with Gasteiger partial charge in [-0.2, -0.15) is 0 Å². The van der Waals surface area contributed by atoms with Crippen LogP contribution in [0.1, 0.15) is 42.5 Å². The summed E-state index contributed by atoms with van der Waals surface area (Å²) in [6.07, 6.45) is 5.12. The molecule has 7 nitrogen and oxygen atoms in total. The number of halogens is 1. The molecule has 184 valence electrons. The molecule has 3 aromatic rings. The predicted molar refractivity (Wildman–Crippen MR) is 135 cm³/mol. The normalized spacial score (nSPS) is 14.3. The minimum absolute atomic E-state index is 0.0131. The van der Waals surface area contributed by atoms with Crippen molar-refractivity contribution in [2.24, 2.45) is 0 Å². The lowest BCUT2D eigenvalue weighted by molar-refractivity contribution is -0.114. The number of benzene rings is 2. The maximum absolute atomic E-state index is 14.6. The Morgan fingerprint density at radius 2 is 1.69 bits per heavy atom. The van der Waals surface area contributed by atoms with E-state index in [9.17, 15) is 22.4 Å². The maximum Gasteiger partial charge on any atom is 0.274 e. The molecule has 2 aromatic carbocycles. The first-order valence-corrected chi connectivity index (χ1v) is 13.7. The maximum atomic E-state index is 14.6. The lowest BCUT2D eigenvalue weighted by Gasteiger charge is -2.24.